The number of carbonyl (C=O) groups excluding carboxylic acids is 2. The van der Waals surface area contributed by atoms with E-state index in [2.05, 4.69) is 0 Å². The van der Waals surface area contributed by atoms with Crippen molar-refractivity contribution < 1.29 is 18.9 Å². The Hall–Kier alpha value is -3.94. The highest BCUT2D eigenvalue weighted by Crippen LogP contribution is 2.16. The van der Waals surface area contributed by atoms with Crippen LogP contribution in [-0.2, 0) is 17.8 Å². The number of nitro benzene ring substituents is 1. The monoisotopic (exact) mass is 463 g/mol. The molecule has 2 amide bonds. The zero-order valence-corrected chi connectivity index (χ0v) is 19.4. The molecule has 0 bridgehead atoms. The van der Waals surface area contributed by atoms with Gasteiger partial charge >= 0.3 is 0 Å². The summed E-state index contributed by atoms with van der Waals surface area (Å²) in [6.45, 7) is 4.88. The smallest absolute Gasteiger partial charge is 0.270 e. The summed E-state index contributed by atoms with van der Waals surface area (Å²) in [5, 5.41) is 11.1. The molecule has 34 heavy (non-hydrogen) atoms. The zero-order valence-electron chi connectivity index (χ0n) is 19.4. The minimum absolute atomic E-state index is 0.110. The number of furan rings is 1. The lowest BCUT2D eigenvalue weighted by Crippen LogP contribution is -2.44. The van der Waals surface area contributed by atoms with Gasteiger partial charge in [-0.1, -0.05) is 50.2 Å². The van der Waals surface area contributed by atoms with E-state index < -0.39 is 10.8 Å². The maximum absolute atomic E-state index is 13.4. The second kappa shape index (κ2) is 11.8. The number of rotatable bonds is 11. The van der Waals surface area contributed by atoms with E-state index >= 15 is 0 Å². The molecule has 2 aromatic carbocycles. The molecule has 0 aliphatic carbocycles. The predicted molar refractivity (Wildman–Crippen MR) is 128 cm³/mol. The first kappa shape index (κ1) is 24.7. The van der Waals surface area contributed by atoms with Crippen LogP contribution in [0, 0.1) is 16.0 Å². The maximum atomic E-state index is 13.4. The SMILES string of the molecule is CC(C)CN(CC(=O)N(CCc1ccccc1)Cc1ccco1)C(=O)c1cccc([N+](=O)[O-])c1. The van der Waals surface area contributed by atoms with Crippen LogP contribution in [0.5, 0.6) is 0 Å². The molecular formula is C26H29N3O5. The summed E-state index contributed by atoms with van der Waals surface area (Å²) in [5.41, 5.74) is 1.12. The minimum Gasteiger partial charge on any atom is -0.467 e. The van der Waals surface area contributed by atoms with Crippen LogP contribution >= 0.6 is 0 Å². The van der Waals surface area contributed by atoms with Crippen molar-refractivity contribution in [1.29, 1.82) is 0 Å². The predicted octanol–water partition coefficient (Wildman–Crippen LogP) is 4.56. The Labute approximate surface area is 198 Å². The van der Waals surface area contributed by atoms with E-state index in [0.717, 1.165) is 5.56 Å². The third-order valence-corrected chi connectivity index (χ3v) is 5.30. The molecule has 1 heterocycles. The minimum atomic E-state index is -0.538. The van der Waals surface area contributed by atoms with E-state index in [1.165, 1.54) is 29.2 Å². The molecule has 0 atom stereocenters. The Morgan fingerprint density at radius 1 is 1.00 bits per heavy atom. The van der Waals surface area contributed by atoms with Gasteiger partial charge in [0.15, 0.2) is 0 Å². The quantitative estimate of drug-likeness (QED) is 0.307. The third-order valence-electron chi connectivity index (χ3n) is 5.30. The van der Waals surface area contributed by atoms with Crippen molar-refractivity contribution in [2.45, 2.75) is 26.8 Å². The van der Waals surface area contributed by atoms with E-state index in [1.54, 1.807) is 17.2 Å². The van der Waals surface area contributed by atoms with Crippen LogP contribution < -0.4 is 0 Å². The first-order chi connectivity index (χ1) is 16.3. The average Bonchev–Trinajstić information content (AvgIpc) is 3.34. The Morgan fingerprint density at radius 3 is 2.41 bits per heavy atom. The molecule has 0 radical (unpaired) electrons. The van der Waals surface area contributed by atoms with Gasteiger partial charge < -0.3 is 14.2 Å². The van der Waals surface area contributed by atoms with Gasteiger partial charge in [0.2, 0.25) is 5.91 Å². The molecule has 3 rings (SSSR count). The Bertz CT molecular complexity index is 1100. The molecule has 0 saturated carbocycles. The highest BCUT2D eigenvalue weighted by molar-refractivity contribution is 5.97. The van der Waals surface area contributed by atoms with Crippen molar-refractivity contribution in [2.75, 3.05) is 19.6 Å². The average molecular weight is 464 g/mol. The molecule has 178 valence electrons. The Morgan fingerprint density at radius 2 is 1.76 bits per heavy atom. The molecule has 1 aromatic heterocycles. The normalized spacial score (nSPS) is 10.8. The Balaban J connectivity index is 1.78. The number of non-ortho nitro benzene ring substituents is 1. The molecule has 0 unspecified atom stereocenters. The number of nitro groups is 1. The number of amides is 2. The van der Waals surface area contributed by atoms with Crippen molar-refractivity contribution in [3.05, 3.63) is 100.0 Å². The molecule has 0 aliphatic rings. The van der Waals surface area contributed by atoms with Gasteiger partial charge in [-0.15, -0.1) is 0 Å². The van der Waals surface area contributed by atoms with Crippen molar-refractivity contribution in [3.63, 3.8) is 0 Å². The summed E-state index contributed by atoms with van der Waals surface area (Å²) in [7, 11) is 0. The molecule has 0 N–H and O–H groups in total. The third kappa shape index (κ3) is 7.03. The van der Waals surface area contributed by atoms with Gasteiger partial charge in [0, 0.05) is 30.8 Å². The van der Waals surface area contributed by atoms with Gasteiger partial charge in [-0.05, 0) is 36.1 Å². The van der Waals surface area contributed by atoms with Gasteiger partial charge in [0.25, 0.3) is 11.6 Å². The lowest BCUT2D eigenvalue weighted by molar-refractivity contribution is -0.384. The molecule has 3 aromatic rings. The Kier molecular flexibility index (Phi) is 8.56. The van der Waals surface area contributed by atoms with Gasteiger partial charge in [-0.3, -0.25) is 19.7 Å². The van der Waals surface area contributed by atoms with E-state index in [-0.39, 0.29) is 29.6 Å². The van der Waals surface area contributed by atoms with Crippen molar-refractivity contribution >= 4 is 17.5 Å². The number of nitrogens with zero attached hydrogens (tertiary/aromatic N) is 3. The maximum Gasteiger partial charge on any atom is 0.270 e. The van der Waals surface area contributed by atoms with Crippen LogP contribution in [0.15, 0.2) is 77.4 Å². The van der Waals surface area contributed by atoms with Crippen LogP contribution in [0.4, 0.5) is 5.69 Å². The van der Waals surface area contributed by atoms with Crippen LogP contribution in [-0.4, -0.2) is 46.2 Å². The highest BCUT2D eigenvalue weighted by atomic mass is 16.6. The second-order valence-electron chi connectivity index (χ2n) is 8.52. The van der Waals surface area contributed by atoms with E-state index in [4.69, 9.17) is 4.42 Å². The zero-order chi connectivity index (χ0) is 24.5. The summed E-state index contributed by atoms with van der Waals surface area (Å²) in [4.78, 5) is 40.3. The molecule has 8 nitrogen and oxygen atoms in total. The van der Waals surface area contributed by atoms with Gasteiger partial charge in [-0.25, -0.2) is 0 Å². The summed E-state index contributed by atoms with van der Waals surface area (Å²) in [6.07, 6.45) is 2.22. The van der Waals surface area contributed by atoms with E-state index in [1.807, 2.05) is 50.2 Å². The first-order valence-corrected chi connectivity index (χ1v) is 11.2. The fraction of sp³-hybridized carbons (Fsp3) is 0.308. The summed E-state index contributed by atoms with van der Waals surface area (Å²) in [5.74, 6) is 0.138. The van der Waals surface area contributed by atoms with Crippen LogP contribution in [0.3, 0.4) is 0 Å². The van der Waals surface area contributed by atoms with Crippen molar-refractivity contribution in [2.24, 2.45) is 5.92 Å². The van der Waals surface area contributed by atoms with Crippen molar-refractivity contribution in [1.82, 2.24) is 9.80 Å². The highest BCUT2D eigenvalue weighted by Gasteiger charge is 2.24. The molecular weight excluding hydrogens is 434 g/mol. The number of hydrogen-bond donors (Lipinski definition) is 0. The molecule has 0 spiro atoms. The van der Waals surface area contributed by atoms with Crippen LogP contribution in [0.1, 0.15) is 35.5 Å². The summed E-state index contributed by atoms with van der Waals surface area (Å²) < 4.78 is 5.45. The number of benzene rings is 2. The van der Waals surface area contributed by atoms with Crippen LogP contribution in [0.2, 0.25) is 0 Å². The van der Waals surface area contributed by atoms with E-state index in [9.17, 15) is 19.7 Å². The van der Waals surface area contributed by atoms with Gasteiger partial charge in [0.05, 0.1) is 17.7 Å². The van der Waals surface area contributed by atoms with Crippen LogP contribution in [0.25, 0.3) is 0 Å². The number of carbonyl (C=O) groups is 2. The topological polar surface area (TPSA) is 96.9 Å². The largest absolute Gasteiger partial charge is 0.467 e. The van der Waals surface area contributed by atoms with Gasteiger partial charge in [-0.2, -0.15) is 0 Å². The standard InChI is InChI=1S/C26H29N3O5/c1-20(2)17-28(26(31)22-10-6-11-23(16-22)29(32)33)19-25(30)27(18-24-12-7-15-34-24)14-13-21-8-4-3-5-9-21/h3-12,15-16,20H,13-14,17-19H2,1-2H3. The van der Waals surface area contributed by atoms with Crippen molar-refractivity contribution in [3.8, 4) is 0 Å². The molecule has 0 aliphatic heterocycles. The molecule has 0 fully saturated rings. The fourth-order valence-electron chi connectivity index (χ4n) is 3.65. The summed E-state index contributed by atoms with van der Waals surface area (Å²) >= 11 is 0. The fourth-order valence-corrected chi connectivity index (χ4v) is 3.65. The first-order valence-electron chi connectivity index (χ1n) is 11.2. The molecule has 8 heteroatoms. The number of hydrogen-bond acceptors (Lipinski definition) is 5. The summed E-state index contributed by atoms with van der Waals surface area (Å²) in [6, 6.07) is 19.0. The second-order valence-corrected chi connectivity index (χ2v) is 8.52. The van der Waals surface area contributed by atoms with Gasteiger partial charge in [0.1, 0.15) is 12.3 Å². The molecule has 0 saturated heterocycles. The van der Waals surface area contributed by atoms with E-state index in [0.29, 0.717) is 31.8 Å². The lowest BCUT2D eigenvalue weighted by atomic mass is 10.1. The lowest BCUT2D eigenvalue weighted by Gasteiger charge is -2.28.